The maximum absolute atomic E-state index is 11.0. The first kappa shape index (κ1) is 12.8. The fraction of sp³-hybridized carbons (Fsp3) is 0.500. The number of phenols is 1. The van der Waals surface area contributed by atoms with Crippen LogP contribution in [0.15, 0.2) is 18.2 Å². The Hall–Kier alpha value is -1.31. The normalized spacial score (nSPS) is 12.4. The van der Waals surface area contributed by atoms with E-state index < -0.39 is 0 Å². The van der Waals surface area contributed by atoms with Gasteiger partial charge in [-0.25, -0.2) is 0 Å². The zero-order valence-electron chi connectivity index (χ0n) is 10.3. The van der Waals surface area contributed by atoms with E-state index in [0.29, 0.717) is 18.1 Å². The van der Waals surface area contributed by atoms with Gasteiger partial charge in [-0.15, -0.1) is 0 Å². The third kappa shape index (κ3) is 3.37. The van der Waals surface area contributed by atoms with Gasteiger partial charge >= 0.3 is 0 Å². The molecule has 1 atom stereocenters. The van der Waals surface area contributed by atoms with Crippen molar-refractivity contribution >= 4 is 5.78 Å². The highest BCUT2D eigenvalue weighted by molar-refractivity contribution is 5.75. The van der Waals surface area contributed by atoms with Gasteiger partial charge in [0.2, 0.25) is 0 Å². The van der Waals surface area contributed by atoms with Crippen LogP contribution in [0.4, 0.5) is 0 Å². The summed E-state index contributed by atoms with van der Waals surface area (Å²) in [4.78, 5) is 11.0. The number of hydrogen-bond acceptors (Lipinski definition) is 2. The Balaban J connectivity index is 2.78. The van der Waals surface area contributed by atoms with E-state index in [1.54, 1.807) is 13.0 Å². The number of Topliss-reactive ketones (excluding diaryl/α,β-unsaturated/α-hetero) is 1. The van der Waals surface area contributed by atoms with Crippen molar-refractivity contribution in [2.75, 3.05) is 0 Å². The topological polar surface area (TPSA) is 37.3 Å². The second kappa shape index (κ2) is 5.69. The van der Waals surface area contributed by atoms with Crippen LogP contribution in [0.25, 0.3) is 0 Å². The second-order valence-electron chi connectivity index (χ2n) is 4.39. The molecule has 0 amide bonds. The van der Waals surface area contributed by atoms with Crippen molar-refractivity contribution in [1.29, 1.82) is 0 Å². The summed E-state index contributed by atoms with van der Waals surface area (Å²) >= 11 is 0. The minimum Gasteiger partial charge on any atom is -0.508 e. The monoisotopic (exact) mass is 220 g/mol. The van der Waals surface area contributed by atoms with Crippen molar-refractivity contribution in [3.05, 3.63) is 29.3 Å². The zero-order chi connectivity index (χ0) is 12.1. The molecule has 1 aromatic rings. The minimum atomic E-state index is 0.244. The summed E-state index contributed by atoms with van der Waals surface area (Å²) in [5.41, 5.74) is 2.12. The van der Waals surface area contributed by atoms with E-state index in [0.717, 1.165) is 18.4 Å². The summed E-state index contributed by atoms with van der Waals surface area (Å²) in [5.74, 6) is 1.00. The lowest BCUT2D eigenvalue weighted by Crippen LogP contribution is -2.01. The Morgan fingerprint density at radius 3 is 2.62 bits per heavy atom. The highest BCUT2D eigenvalue weighted by Gasteiger charge is 2.11. The predicted octanol–water partition coefficient (Wildman–Crippen LogP) is 3.56. The van der Waals surface area contributed by atoms with Crippen molar-refractivity contribution in [3.8, 4) is 5.75 Å². The number of ketones is 1. The fourth-order valence-corrected chi connectivity index (χ4v) is 1.92. The third-order valence-corrected chi connectivity index (χ3v) is 3.03. The van der Waals surface area contributed by atoms with E-state index in [4.69, 9.17) is 0 Å². The largest absolute Gasteiger partial charge is 0.508 e. The molecule has 0 saturated heterocycles. The van der Waals surface area contributed by atoms with Crippen molar-refractivity contribution < 1.29 is 9.90 Å². The van der Waals surface area contributed by atoms with Gasteiger partial charge in [0.1, 0.15) is 11.5 Å². The van der Waals surface area contributed by atoms with Gasteiger partial charge in [-0.3, -0.25) is 0 Å². The van der Waals surface area contributed by atoms with Crippen molar-refractivity contribution in [2.45, 2.75) is 46.0 Å². The summed E-state index contributed by atoms with van der Waals surface area (Å²) in [6.45, 7) is 5.66. The standard InChI is InChI=1S/C14H20O2/c1-4-12(6-5-11(3)15)13-7-8-14(16)10(2)9-13/h7-9,12,16H,4-6H2,1-3H3. The average molecular weight is 220 g/mol. The number of hydrogen-bond donors (Lipinski definition) is 1. The van der Waals surface area contributed by atoms with Gasteiger partial charge in [-0.05, 0) is 49.8 Å². The molecule has 0 bridgehead atoms. The average Bonchev–Trinajstić information content (AvgIpc) is 2.23. The highest BCUT2D eigenvalue weighted by atomic mass is 16.3. The SMILES string of the molecule is CCC(CCC(C)=O)c1ccc(O)c(C)c1. The van der Waals surface area contributed by atoms with Gasteiger partial charge in [0.05, 0.1) is 0 Å². The Bertz CT molecular complexity index is 369. The van der Waals surface area contributed by atoms with Gasteiger partial charge in [0, 0.05) is 6.42 Å². The number of aryl methyl sites for hydroxylation is 1. The molecule has 0 spiro atoms. The van der Waals surface area contributed by atoms with Crippen LogP contribution in [-0.4, -0.2) is 10.9 Å². The molecule has 0 aliphatic rings. The lowest BCUT2D eigenvalue weighted by atomic mass is 9.90. The van der Waals surface area contributed by atoms with Crippen LogP contribution >= 0.6 is 0 Å². The van der Waals surface area contributed by atoms with E-state index in [2.05, 4.69) is 6.92 Å². The van der Waals surface area contributed by atoms with Gasteiger partial charge < -0.3 is 9.90 Å². The van der Waals surface area contributed by atoms with Crippen molar-refractivity contribution in [1.82, 2.24) is 0 Å². The molecular weight excluding hydrogens is 200 g/mol. The van der Waals surface area contributed by atoms with Crippen molar-refractivity contribution in [2.24, 2.45) is 0 Å². The molecule has 16 heavy (non-hydrogen) atoms. The summed E-state index contributed by atoms with van der Waals surface area (Å²) < 4.78 is 0. The Morgan fingerprint density at radius 2 is 2.12 bits per heavy atom. The lowest BCUT2D eigenvalue weighted by Gasteiger charge is -2.15. The Morgan fingerprint density at radius 1 is 1.44 bits per heavy atom. The Labute approximate surface area is 97.3 Å². The molecule has 0 aromatic heterocycles. The minimum absolute atomic E-state index is 0.244. The van der Waals surface area contributed by atoms with Crippen LogP contribution in [0, 0.1) is 6.92 Å². The van der Waals surface area contributed by atoms with E-state index in [1.165, 1.54) is 5.56 Å². The lowest BCUT2D eigenvalue weighted by molar-refractivity contribution is -0.117. The Kier molecular flexibility index (Phi) is 4.53. The molecule has 1 aromatic carbocycles. The van der Waals surface area contributed by atoms with Crippen LogP contribution in [0.5, 0.6) is 5.75 Å². The van der Waals surface area contributed by atoms with Crippen LogP contribution < -0.4 is 0 Å². The fourth-order valence-electron chi connectivity index (χ4n) is 1.92. The zero-order valence-corrected chi connectivity index (χ0v) is 10.3. The van der Waals surface area contributed by atoms with Gasteiger partial charge in [0.15, 0.2) is 0 Å². The molecule has 1 unspecified atom stereocenters. The number of benzene rings is 1. The number of carbonyl (C=O) groups excluding carboxylic acids is 1. The predicted molar refractivity (Wildman–Crippen MR) is 65.8 cm³/mol. The van der Waals surface area contributed by atoms with Crippen LogP contribution in [-0.2, 0) is 4.79 Å². The molecular formula is C14H20O2. The molecule has 0 aliphatic heterocycles. The maximum Gasteiger partial charge on any atom is 0.129 e. The molecule has 1 N–H and O–H groups in total. The molecule has 2 heteroatoms. The smallest absolute Gasteiger partial charge is 0.129 e. The van der Waals surface area contributed by atoms with E-state index in [-0.39, 0.29) is 5.78 Å². The number of aromatic hydroxyl groups is 1. The highest BCUT2D eigenvalue weighted by Crippen LogP contribution is 2.28. The van der Waals surface area contributed by atoms with E-state index >= 15 is 0 Å². The maximum atomic E-state index is 11.0. The molecule has 88 valence electrons. The summed E-state index contributed by atoms with van der Waals surface area (Å²) in [7, 11) is 0. The molecule has 0 heterocycles. The van der Waals surface area contributed by atoms with Gasteiger partial charge in [-0.1, -0.05) is 19.1 Å². The van der Waals surface area contributed by atoms with Crippen LogP contribution in [0.1, 0.15) is 50.2 Å². The quantitative estimate of drug-likeness (QED) is 0.823. The first-order chi connectivity index (χ1) is 7.54. The number of phenolic OH excluding ortho intramolecular Hbond substituents is 1. The third-order valence-electron chi connectivity index (χ3n) is 3.03. The molecule has 0 aliphatic carbocycles. The van der Waals surface area contributed by atoms with Crippen molar-refractivity contribution in [3.63, 3.8) is 0 Å². The van der Waals surface area contributed by atoms with E-state index in [9.17, 15) is 9.90 Å². The summed E-state index contributed by atoms with van der Waals surface area (Å²) in [6, 6.07) is 5.71. The van der Waals surface area contributed by atoms with Crippen LogP contribution in [0.2, 0.25) is 0 Å². The molecule has 0 saturated carbocycles. The second-order valence-corrected chi connectivity index (χ2v) is 4.39. The number of carbonyl (C=O) groups is 1. The van der Waals surface area contributed by atoms with Crippen LogP contribution in [0.3, 0.4) is 0 Å². The van der Waals surface area contributed by atoms with Gasteiger partial charge in [-0.2, -0.15) is 0 Å². The molecule has 2 nitrogen and oxygen atoms in total. The number of rotatable bonds is 5. The first-order valence-electron chi connectivity index (χ1n) is 5.83. The molecule has 0 radical (unpaired) electrons. The first-order valence-corrected chi connectivity index (χ1v) is 5.83. The van der Waals surface area contributed by atoms with E-state index in [1.807, 2.05) is 19.1 Å². The molecule has 1 rings (SSSR count). The van der Waals surface area contributed by atoms with Gasteiger partial charge in [0.25, 0.3) is 0 Å². The summed E-state index contributed by atoms with van der Waals surface area (Å²) in [6.07, 6.45) is 2.56. The summed E-state index contributed by atoms with van der Waals surface area (Å²) in [5, 5.41) is 9.46. The molecule has 0 fully saturated rings.